The van der Waals surface area contributed by atoms with Crippen molar-refractivity contribution in [3.05, 3.63) is 11.7 Å². The molecule has 1 aliphatic rings. The topological polar surface area (TPSA) is 60.2 Å². The second-order valence-corrected chi connectivity index (χ2v) is 5.02. The summed E-state index contributed by atoms with van der Waals surface area (Å²) in [5.74, 6) is 2.18. The summed E-state index contributed by atoms with van der Waals surface area (Å²) < 4.78 is 11.0. The van der Waals surface area contributed by atoms with Crippen LogP contribution in [0.15, 0.2) is 4.52 Å². The number of rotatable bonds is 4. The quantitative estimate of drug-likeness (QED) is 0.866. The van der Waals surface area contributed by atoms with Crippen LogP contribution < -0.4 is 5.32 Å². The van der Waals surface area contributed by atoms with E-state index in [-0.39, 0.29) is 12.0 Å². The molecule has 1 fully saturated rings. The standard InChI is InChI=1S/C12H21N3O2/c1-8(2)12-14-11(15-17-12)7-16-10-6-13-5-4-9(10)3/h8-10,13H,4-7H2,1-3H3. The first-order valence-corrected chi connectivity index (χ1v) is 6.31. The molecule has 0 aliphatic carbocycles. The molecule has 2 unspecified atom stereocenters. The fraction of sp³-hybridized carbons (Fsp3) is 0.833. The molecular formula is C12H21N3O2. The summed E-state index contributed by atoms with van der Waals surface area (Å²) in [7, 11) is 0. The maximum Gasteiger partial charge on any atom is 0.229 e. The summed E-state index contributed by atoms with van der Waals surface area (Å²) in [6.07, 6.45) is 1.42. The van der Waals surface area contributed by atoms with Gasteiger partial charge in [0.05, 0.1) is 6.10 Å². The lowest BCUT2D eigenvalue weighted by Gasteiger charge is -2.28. The van der Waals surface area contributed by atoms with E-state index in [4.69, 9.17) is 9.26 Å². The summed E-state index contributed by atoms with van der Waals surface area (Å²) in [4.78, 5) is 4.30. The minimum Gasteiger partial charge on any atom is -0.368 e. The van der Waals surface area contributed by atoms with Crippen LogP contribution >= 0.6 is 0 Å². The Labute approximate surface area is 102 Å². The zero-order valence-corrected chi connectivity index (χ0v) is 10.8. The molecule has 0 bridgehead atoms. The molecule has 2 heterocycles. The number of piperidine rings is 1. The Bertz CT molecular complexity index is 351. The average molecular weight is 239 g/mol. The summed E-state index contributed by atoms with van der Waals surface area (Å²) in [5, 5.41) is 7.25. The van der Waals surface area contributed by atoms with Crippen molar-refractivity contribution in [1.29, 1.82) is 0 Å². The van der Waals surface area contributed by atoms with Gasteiger partial charge >= 0.3 is 0 Å². The first kappa shape index (κ1) is 12.5. The van der Waals surface area contributed by atoms with Gasteiger partial charge in [0.15, 0.2) is 5.82 Å². The molecule has 0 radical (unpaired) electrons. The van der Waals surface area contributed by atoms with Crippen molar-refractivity contribution in [1.82, 2.24) is 15.5 Å². The lowest BCUT2D eigenvalue weighted by Crippen LogP contribution is -2.41. The van der Waals surface area contributed by atoms with Crippen LogP contribution in [0.5, 0.6) is 0 Å². The lowest BCUT2D eigenvalue weighted by molar-refractivity contribution is -0.0101. The Morgan fingerprint density at radius 2 is 2.35 bits per heavy atom. The monoisotopic (exact) mass is 239 g/mol. The Balaban J connectivity index is 1.84. The molecule has 1 aliphatic heterocycles. The van der Waals surface area contributed by atoms with E-state index in [2.05, 4.69) is 22.4 Å². The van der Waals surface area contributed by atoms with Gasteiger partial charge < -0.3 is 14.6 Å². The molecule has 1 saturated heterocycles. The van der Waals surface area contributed by atoms with Crippen molar-refractivity contribution in [2.24, 2.45) is 5.92 Å². The maximum atomic E-state index is 5.83. The van der Waals surface area contributed by atoms with E-state index < -0.39 is 0 Å². The molecular weight excluding hydrogens is 218 g/mol. The number of nitrogens with zero attached hydrogens (tertiary/aromatic N) is 2. The molecule has 1 aromatic rings. The van der Waals surface area contributed by atoms with Crippen LogP contribution in [-0.2, 0) is 11.3 Å². The van der Waals surface area contributed by atoms with E-state index in [0.717, 1.165) is 19.5 Å². The molecule has 5 heteroatoms. The van der Waals surface area contributed by atoms with E-state index in [1.807, 2.05) is 13.8 Å². The van der Waals surface area contributed by atoms with E-state index in [9.17, 15) is 0 Å². The minimum absolute atomic E-state index is 0.254. The number of aromatic nitrogens is 2. The molecule has 0 amide bonds. The summed E-state index contributed by atoms with van der Waals surface area (Å²) in [6.45, 7) is 8.72. The van der Waals surface area contributed by atoms with Crippen molar-refractivity contribution in [2.45, 2.75) is 45.8 Å². The zero-order valence-electron chi connectivity index (χ0n) is 10.8. The predicted octanol–water partition coefficient (Wildman–Crippen LogP) is 1.71. The van der Waals surface area contributed by atoms with Crippen molar-refractivity contribution in [3.63, 3.8) is 0 Å². The van der Waals surface area contributed by atoms with Crippen LogP contribution in [0, 0.1) is 5.92 Å². The molecule has 96 valence electrons. The highest BCUT2D eigenvalue weighted by molar-refractivity contribution is 4.89. The van der Waals surface area contributed by atoms with Gasteiger partial charge in [-0.05, 0) is 18.9 Å². The van der Waals surface area contributed by atoms with Crippen LogP contribution in [0.1, 0.15) is 44.8 Å². The van der Waals surface area contributed by atoms with E-state index in [0.29, 0.717) is 24.2 Å². The third-order valence-electron chi connectivity index (χ3n) is 3.16. The molecule has 0 saturated carbocycles. The largest absolute Gasteiger partial charge is 0.368 e. The minimum atomic E-state index is 0.254. The molecule has 1 N–H and O–H groups in total. The third kappa shape index (κ3) is 3.26. The van der Waals surface area contributed by atoms with Gasteiger partial charge in [0, 0.05) is 12.5 Å². The Hall–Kier alpha value is -0.940. The first-order valence-electron chi connectivity index (χ1n) is 6.31. The normalized spacial score (nSPS) is 25.4. The van der Waals surface area contributed by atoms with Crippen molar-refractivity contribution in [2.75, 3.05) is 13.1 Å². The van der Waals surface area contributed by atoms with Crippen molar-refractivity contribution < 1.29 is 9.26 Å². The number of nitrogens with one attached hydrogen (secondary N) is 1. The van der Waals surface area contributed by atoms with Crippen LogP contribution in [0.4, 0.5) is 0 Å². The van der Waals surface area contributed by atoms with Crippen LogP contribution in [0.25, 0.3) is 0 Å². The highest BCUT2D eigenvalue weighted by Crippen LogP contribution is 2.17. The SMILES string of the molecule is CC(C)c1nc(COC2CNCCC2C)no1. The van der Waals surface area contributed by atoms with Crippen molar-refractivity contribution in [3.8, 4) is 0 Å². The van der Waals surface area contributed by atoms with Gasteiger partial charge in [-0.3, -0.25) is 0 Å². The maximum absolute atomic E-state index is 5.83. The highest BCUT2D eigenvalue weighted by atomic mass is 16.5. The first-order chi connectivity index (χ1) is 8.16. The van der Waals surface area contributed by atoms with Gasteiger partial charge in [-0.1, -0.05) is 25.9 Å². The average Bonchev–Trinajstić information content (AvgIpc) is 2.77. The molecule has 17 heavy (non-hydrogen) atoms. The molecule has 0 aromatic carbocycles. The fourth-order valence-electron chi connectivity index (χ4n) is 1.93. The van der Waals surface area contributed by atoms with Gasteiger partial charge in [-0.2, -0.15) is 4.98 Å². The smallest absolute Gasteiger partial charge is 0.229 e. The molecule has 2 rings (SSSR count). The van der Waals surface area contributed by atoms with Gasteiger partial charge in [-0.25, -0.2) is 0 Å². The van der Waals surface area contributed by atoms with Gasteiger partial charge in [-0.15, -0.1) is 0 Å². The zero-order chi connectivity index (χ0) is 12.3. The number of hydrogen-bond acceptors (Lipinski definition) is 5. The Morgan fingerprint density at radius 3 is 3.00 bits per heavy atom. The van der Waals surface area contributed by atoms with E-state index >= 15 is 0 Å². The fourth-order valence-corrected chi connectivity index (χ4v) is 1.93. The third-order valence-corrected chi connectivity index (χ3v) is 3.16. The second kappa shape index (κ2) is 5.60. The second-order valence-electron chi connectivity index (χ2n) is 5.02. The predicted molar refractivity (Wildman–Crippen MR) is 63.6 cm³/mol. The molecule has 5 nitrogen and oxygen atoms in total. The van der Waals surface area contributed by atoms with Gasteiger partial charge in [0.2, 0.25) is 5.89 Å². The molecule has 2 atom stereocenters. The van der Waals surface area contributed by atoms with Gasteiger partial charge in [0.1, 0.15) is 6.61 Å². The van der Waals surface area contributed by atoms with Crippen LogP contribution in [0.2, 0.25) is 0 Å². The van der Waals surface area contributed by atoms with E-state index in [1.165, 1.54) is 0 Å². The highest BCUT2D eigenvalue weighted by Gasteiger charge is 2.22. The summed E-state index contributed by atoms with van der Waals surface area (Å²) in [5.41, 5.74) is 0. The van der Waals surface area contributed by atoms with Crippen LogP contribution in [-0.4, -0.2) is 29.3 Å². The van der Waals surface area contributed by atoms with Crippen LogP contribution in [0.3, 0.4) is 0 Å². The Morgan fingerprint density at radius 1 is 1.53 bits per heavy atom. The summed E-state index contributed by atoms with van der Waals surface area (Å²) >= 11 is 0. The number of hydrogen-bond donors (Lipinski definition) is 1. The van der Waals surface area contributed by atoms with Crippen molar-refractivity contribution >= 4 is 0 Å². The summed E-state index contributed by atoms with van der Waals surface area (Å²) in [6, 6.07) is 0. The molecule has 1 aromatic heterocycles. The van der Waals surface area contributed by atoms with E-state index in [1.54, 1.807) is 0 Å². The van der Waals surface area contributed by atoms with Gasteiger partial charge in [0.25, 0.3) is 0 Å². The lowest BCUT2D eigenvalue weighted by atomic mass is 9.97. The molecule has 0 spiro atoms. The Kier molecular flexibility index (Phi) is 4.12. The number of ether oxygens (including phenoxy) is 1.